The molecule has 3 aromatic rings. The third-order valence-corrected chi connectivity index (χ3v) is 6.39. The number of aliphatic hydroxyl groups is 1. The number of nitrogens with zero attached hydrogens (tertiary/aromatic N) is 3. The number of likely N-dealkylation sites (tertiary alicyclic amines) is 1. The lowest BCUT2D eigenvalue weighted by Gasteiger charge is -2.20. The summed E-state index contributed by atoms with van der Waals surface area (Å²) in [7, 11) is 1.94. The molecule has 1 aromatic heterocycles. The summed E-state index contributed by atoms with van der Waals surface area (Å²) in [5.74, 6) is -2.22. The molecule has 0 bridgehead atoms. The highest BCUT2D eigenvalue weighted by Crippen LogP contribution is 2.38. The van der Waals surface area contributed by atoms with Gasteiger partial charge in [-0.25, -0.2) is 14.6 Å². The Hall–Kier alpha value is -3.92. The summed E-state index contributed by atoms with van der Waals surface area (Å²) in [4.78, 5) is 37.8. The van der Waals surface area contributed by atoms with E-state index >= 15 is 0 Å². The number of imidazole rings is 1. The van der Waals surface area contributed by atoms with Gasteiger partial charge in [-0.05, 0) is 43.0 Å². The van der Waals surface area contributed by atoms with Crippen LogP contribution in [-0.4, -0.2) is 66.8 Å². The summed E-state index contributed by atoms with van der Waals surface area (Å²) < 4.78 is 8.33. The Morgan fingerprint density at radius 1 is 1.06 bits per heavy atom. The second kappa shape index (κ2) is 9.75. The number of amides is 1. The normalized spacial score (nSPS) is 18.7. The van der Waals surface area contributed by atoms with Crippen LogP contribution >= 0.6 is 0 Å². The fourth-order valence-electron chi connectivity index (χ4n) is 4.50. The number of aromatic nitrogens is 2. The molecule has 1 fully saturated rings. The number of benzene rings is 2. The van der Waals surface area contributed by atoms with Crippen LogP contribution in [-0.2, 0) is 23.1 Å². The third-order valence-electron chi connectivity index (χ3n) is 6.39. The number of ether oxygens (including phenoxy) is 1. The van der Waals surface area contributed by atoms with E-state index < -0.39 is 24.1 Å². The summed E-state index contributed by atoms with van der Waals surface area (Å²) in [5, 5.41) is 25.4. The number of aliphatic carboxylic acids is 2. The van der Waals surface area contributed by atoms with Gasteiger partial charge in [0.2, 0.25) is 0 Å². The zero-order valence-corrected chi connectivity index (χ0v) is 19.5. The summed E-state index contributed by atoms with van der Waals surface area (Å²) in [6.07, 6.45) is 1.58. The summed E-state index contributed by atoms with van der Waals surface area (Å²) in [5.41, 5.74) is 4.29. The lowest BCUT2D eigenvalue weighted by molar-refractivity contribution is -0.159. The molecule has 184 valence electrons. The van der Waals surface area contributed by atoms with Crippen molar-refractivity contribution in [2.24, 2.45) is 7.05 Å². The molecule has 10 nitrogen and oxygen atoms in total. The highest BCUT2D eigenvalue weighted by atomic mass is 16.5. The quantitative estimate of drug-likeness (QED) is 0.484. The maximum atomic E-state index is 13.1. The number of carboxylic acids is 2. The van der Waals surface area contributed by atoms with E-state index in [1.807, 2.05) is 53.8 Å². The molecule has 2 aromatic carbocycles. The molecule has 5 rings (SSSR count). The molecule has 10 heteroatoms. The van der Waals surface area contributed by atoms with E-state index in [0.717, 1.165) is 53.9 Å². The first-order valence-electron chi connectivity index (χ1n) is 11.3. The molecule has 1 aliphatic heterocycles. The Morgan fingerprint density at radius 2 is 1.71 bits per heavy atom. The maximum absolute atomic E-state index is 13.1. The number of carbonyl (C=O) groups excluding carboxylic acids is 1. The Morgan fingerprint density at radius 3 is 2.37 bits per heavy atom. The number of aryl methyl sites for hydroxylation is 2. The van der Waals surface area contributed by atoms with Crippen molar-refractivity contribution in [3.63, 3.8) is 0 Å². The van der Waals surface area contributed by atoms with Crippen molar-refractivity contribution in [2.75, 3.05) is 13.1 Å². The number of fused-ring (bicyclic) bond motifs is 2. The van der Waals surface area contributed by atoms with Crippen molar-refractivity contribution >= 4 is 28.9 Å². The van der Waals surface area contributed by atoms with Gasteiger partial charge in [-0.2, -0.15) is 0 Å². The predicted octanol–water partition coefficient (Wildman–Crippen LogP) is 2.31. The van der Waals surface area contributed by atoms with Crippen molar-refractivity contribution in [3.05, 3.63) is 58.9 Å². The predicted molar refractivity (Wildman–Crippen MR) is 125 cm³/mol. The number of hydrogen-bond donors (Lipinski definition) is 3. The molecule has 2 aliphatic rings. The molecule has 0 saturated carbocycles. The number of aliphatic hydroxyl groups excluding tert-OH is 1. The van der Waals surface area contributed by atoms with Crippen LogP contribution in [0.25, 0.3) is 11.0 Å². The summed E-state index contributed by atoms with van der Waals surface area (Å²) in [6.45, 7) is 3.53. The molecule has 1 amide bonds. The number of carboxylic acid groups (broad SMARTS) is 2. The minimum absolute atomic E-state index is 0.0282. The summed E-state index contributed by atoms with van der Waals surface area (Å²) >= 11 is 0. The van der Waals surface area contributed by atoms with E-state index in [1.165, 1.54) is 0 Å². The second-order valence-electron chi connectivity index (χ2n) is 8.68. The average molecular weight is 482 g/mol. The van der Waals surface area contributed by atoms with Crippen LogP contribution in [0.4, 0.5) is 0 Å². The van der Waals surface area contributed by atoms with Gasteiger partial charge in [0.25, 0.3) is 5.91 Å². The van der Waals surface area contributed by atoms with Crippen LogP contribution in [0.15, 0.2) is 36.4 Å². The smallest absolute Gasteiger partial charge is 0.414 e. The Kier molecular flexibility index (Phi) is 6.74. The van der Waals surface area contributed by atoms with E-state index in [1.54, 1.807) is 6.07 Å². The van der Waals surface area contributed by atoms with E-state index in [-0.39, 0.29) is 5.91 Å². The highest BCUT2D eigenvalue weighted by molar-refractivity contribution is 6.27. The van der Waals surface area contributed by atoms with E-state index in [9.17, 15) is 9.90 Å². The summed E-state index contributed by atoms with van der Waals surface area (Å²) in [6, 6.07) is 11.7. The number of carbonyl (C=O) groups is 3. The van der Waals surface area contributed by atoms with Gasteiger partial charge >= 0.3 is 11.9 Å². The fourth-order valence-corrected chi connectivity index (χ4v) is 4.50. The molecule has 0 radical (unpaired) electrons. The third kappa shape index (κ3) is 4.83. The topological polar surface area (TPSA) is 142 Å². The molecule has 2 atom stereocenters. The Labute approximate surface area is 201 Å². The molecule has 2 heterocycles. The monoisotopic (exact) mass is 481 g/mol. The first-order valence-corrected chi connectivity index (χ1v) is 11.3. The molecular weight excluding hydrogens is 454 g/mol. The van der Waals surface area contributed by atoms with Gasteiger partial charge in [0, 0.05) is 32.1 Å². The van der Waals surface area contributed by atoms with Crippen LogP contribution in [0.2, 0.25) is 0 Å². The first kappa shape index (κ1) is 24.2. The van der Waals surface area contributed by atoms with Crippen molar-refractivity contribution in [3.8, 4) is 5.75 Å². The SMILES string of the molecule is Cc1nc2c(O[C@@H]3c4ccccc4C[C@H]3O)cc(C(=O)N3CCCC3)cc2n1C.O=C(O)C(=O)O. The van der Waals surface area contributed by atoms with Gasteiger partial charge in [-0.1, -0.05) is 24.3 Å². The van der Waals surface area contributed by atoms with Gasteiger partial charge < -0.3 is 29.5 Å². The van der Waals surface area contributed by atoms with E-state index in [0.29, 0.717) is 17.7 Å². The van der Waals surface area contributed by atoms with Crippen LogP contribution in [0, 0.1) is 6.92 Å². The van der Waals surface area contributed by atoms with Gasteiger partial charge in [-0.15, -0.1) is 0 Å². The highest BCUT2D eigenvalue weighted by Gasteiger charge is 2.33. The first-order chi connectivity index (χ1) is 16.7. The molecule has 0 unspecified atom stereocenters. The minimum atomic E-state index is -1.82. The molecular formula is C25H27N3O7. The van der Waals surface area contributed by atoms with Crippen LogP contribution in [0.1, 0.15) is 46.3 Å². The second-order valence-corrected chi connectivity index (χ2v) is 8.68. The number of rotatable bonds is 3. The lowest BCUT2D eigenvalue weighted by atomic mass is 10.1. The van der Waals surface area contributed by atoms with Crippen LogP contribution in [0.3, 0.4) is 0 Å². The maximum Gasteiger partial charge on any atom is 0.414 e. The zero-order valence-electron chi connectivity index (χ0n) is 19.5. The zero-order chi connectivity index (χ0) is 25.3. The van der Waals surface area contributed by atoms with Gasteiger partial charge in [0.15, 0.2) is 6.10 Å². The molecule has 0 spiro atoms. The Balaban J connectivity index is 0.000000431. The molecule has 1 saturated heterocycles. The standard InChI is InChI=1S/C23H25N3O3.C2H2O4/c1-14-24-21-18(25(14)2)11-16(23(28)26-9-5-6-10-26)13-20(21)29-22-17-8-4-3-7-15(17)12-19(22)27;3-1(4)2(5)6/h3-4,7-8,11,13,19,22,27H,5-6,9-10,12H2,1-2H3;(H,3,4)(H,5,6)/t19-,22-;/m1./s1. The van der Waals surface area contributed by atoms with Crippen molar-refractivity contribution < 1.29 is 34.4 Å². The Bertz CT molecular complexity index is 1280. The fraction of sp³-hybridized carbons (Fsp3) is 0.360. The molecule has 3 N–H and O–H groups in total. The molecule has 35 heavy (non-hydrogen) atoms. The minimum Gasteiger partial charge on any atom is -0.481 e. The largest absolute Gasteiger partial charge is 0.481 e. The lowest BCUT2D eigenvalue weighted by Crippen LogP contribution is -2.27. The van der Waals surface area contributed by atoms with E-state index in [4.69, 9.17) is 24.5 Å². The van der Waals surface area contributed by atoms with Gasteiger partial charge in [0.1, 0.15) is 17.1 Å². The van der Waals surface area contributed by atoms with E-state index in [2.05, 4.69) is 4.98 Å². The van der Waals surface area contributed by atoms with Crippen molar-refractivity contribution in [1.29, 1.82) is 0 Å². The van der Waals surface area contributed by atoms with Gasteiger partial charge in [0.05, 0.1) is 11.6 Å². The van der Waals surface area contributed by atoms with Crippen molar-refractivity contribution in [2.45, 2.75) is 38.4 Å². The van der Waals surface area contributed by atoms with Crippen LogP contribution in [0.5, 0.6) is 5.75 Å². The number of hydrogen-bond acceptors (Lipinski definition) is 6. The average Bonchev–Trinajstić information content (AvgIpc) is 3.54. The van der Waals surface area contributed by atoms with Crippen LogP contribution < -0.4 is 4.74 Å². The molecule has 1 aliphatic carbocycles. The van der Waals surface area contributed by atoms with Gasteiger partial charge in [-0.3, -0.25) is 4.79 Å². The van der Waals surface area contributed by atoms with Crippen molar-refractivity contribution in [1.82, 2.24) is 14.5 Å².